The summed E-state index contributed by atoms with van der Waals surface area (Å²) in [5.74, 6) is 3.76. The molecule has 4 nitrogen and oxygen atoms in total. The first kappa shape index (κ1) is 20.5. The fraction of sp³-hybridized carbons (Fsp3) is 0.769. The van der Waals surface area contributed by atoms with Gasteiger partial charge in [-0.15, -0.1) is 0 Å². The standard InChI is InChI=1S/C26H39N3O/c1-15(14-30)18-7-8-19-17-6-9-21-24(2,3)22-16(13-28-23(27)29-22)12-26(21,5)20(17)10-11-25(18,19)4/h9,13,15,17-20,30H,6-8,10-12,14H2,1-5H3,(H2,27,28,29)/t15-,17+,18-,19+,20+,25-,26-/m1/s1. The third-order valence-corrected chi connectivity index (χ3v) is 10.2. The first-order valence-electron chi connectivity index (χ1n) is 12.1. The molecule has 0 amide bonds. The van der Waals surface area contributed by atoms with Crippen LogP contribution in [0, 0.1) is 40.4 Å². The van der Waals surface area contributed by atoms with Gasteiger partial charge in [0, 0.05) is 18.2 Å². The maximum Gasteiger partial charge on any atom is 0.220 e. The highest BCUT2D eigenvalue weighted by Gasteiger charge is 2.61. The van der Waals surface area contributed by atoms with E-state index in [9.17, 15) is 5.11 Å². The summed E-state index contributed by atoms with van der Waals surface area (Å²) in [6.07, 6.45) is 12.1. The number of hydrogen-bond acceptors (Lipinski definition) is 4. The van der Waals surface area contributed by atoms with Crippen molar-refractivity contribution in [1.29, 1.82) is 0 Å². The van der Waals surface area contributed by atoms with Gasteiger partial charge in [-0.3, -0.25) is 0 Å². The van der Waals surface area contributed by atoms with Crippen LogP contribution >= 0.6 is 0 Å². The summed E-state index contributed by atoms with van der Waals surface area (Å²) in [5.41, 5.74) is 10.5. The van der Waals surface area contributed by atoms with E-state index in [4.69, 9.17) is 10.7 Å². The number of allylic oxidation sites excluding steroid dienone is 2. The van der Waals surface area contributed by atoms with Crippen LogP contribution in [0.5, 0.6) is 0 Å². The van der Waals surface area contributed by atoms with Crippen LogP contribution in [0.3, 0.4) is 0 Å². The average molecular weight is 410 g/mol. The van der Waals surface area contributed by atoms with E-state index >= 15 is 0 Å². The Morgan fingerprint density at radius 1 is 1.17 bits per heavy atom. The molecule has 4 aliphatic carbocycles. The van der Waals surface area contributed by atoms with Crippen molar-refractivity contribution < 1.29 is 5.11 Å². The largest absolute Gasteiger partial charge is 0.396 e. The molecule has 7 atom stereocenters. The minimum Gasteiger partial charge on any atom is -0.396 e. The van der Waals surface area contributed by atoms with Crippen molar-refractivity contribution in [3.05, 3.63) is 29.1 Å². The third kappa shape index (κ3) is 2.55. The molecule has 0 aromatic carbocycles. The van der Waals surface area contributed by atoms with Crippen LogP contribution < -0.4 is 5.73 Å². The summed E-state index contributed by atoms with van der Waals surface area (Å²) < 4.78 is 0. The van der Waals surface area contributed by atoms with Crippen molar-refractivity contribution in [2.75, 3.05) is 12.3 Å². The van der Waals surface area contributed by atoms with E-state index in [1.54, 1.807) is 5.57 Å². The molecule has 5 rings (SSSR count). The zero-order chi connectivity index (χ0) is 21.5. The Kier molecular flexibility index (Phi) is 4.47. The fourth-order valence-corrected chi connectivity index (χ4v) is 9.01. The Hall–Kier alpha value is -1.42. The molecular weight excluding hydrogens is 370 g/mol. The van der Waals surface area contributed by atoms with Gasteiger partial charge in [-0.1, -0.05) is 46.3 Å². The van der Waals surface area contributed by atoms with Crippen LogP contribution in [0.1, 0.15) is 78.0 Å². The van der Waals surface area contributed by atoms with E-state index in [1.165, 1.54) is 37.7 Å². The highest BCUT2D eigenvalue weighted by Crippen LogP contribution is 2.68. The quantitative estimate of drug-likeness (QED) is 0.680. The highest BCUT2D eigenvalue weighted by molar-refractivity contribution is 5.47. The van der Waals surface area contributed by atoms with Crippen LogP contribution in [0.25, 0.3) is 0 Å². The highest BCUT2D eigenvalue weighted by atomic mass is 16.3. The molecule has 30 heavy (non-hydrogen) atoms. The molecule has 2 fully saturated rings. The molecule has 4 heteroatoms. The second kappa shape index (κ2) is 6.54. The van der Waals surface area contributed by atoms with Gasteiger partial charge in [-0.2, -0.15) is 0 Å². The molecule has 1 aromatic rings. The number of nitrogen functional groups attached to an aromatic ring is 1. The zero-order valence-electron chi connectivity index (χ0n) is 19.4. The van der Waals surface area contributed by atoms with Gasteiger partial charge in [0.1, 0.15) is 0 Å². The number of fused-ring (bicyclic) bond motifs is 6. The molecule has 0 aliphatic heterocycles. The van der Waals surface area contributed by atoms with Gasteiger partial charge in [0.2, 0.25) is 5.95 Å². The number of nitrogens with zero attached hydrogens (tertiary/aromatic N) is 2. The Balaban J connectivity index is 1.54. The van der Waals surface area contributed by atoms with Gasteiger partial charge >= 0.3 is 0 Å². The van der Waals surface area contributed by atoms with Crippen LogP contribution in [0.15, 0.2) is 17.8 Å². The Morgan fingerprint density at radius 2 is 1.93 bits per heavy atom. The lowest BCUT2D eigenvalue weighted by Crippen LogP contribution is -2.54. The number of rotatable bonds is 2. The van der Waals surface area contributed by atoms with Crippen LogP contribution in [-0.2, 0) is 11.8 Å². The van der Waals surface area contributed by atoms with Crippen molar-refractivity contribution in [3.8, 4) is 0 Å². The van der Waals surface area contributed by atoms with Gasteiger partial charge in [0.15, 0.2) is 0 Å². The lowest BCUT2D eigenvalue weighted by molar-refractivity contribution is -0.0518. The maximum atomic E-state index is 9.87. The number of aliphatic hydroxyl groups is 1. The maximum absolute atomic E-state index is 9.87. The summed E-state index contributed by atoms with van der Waals surface area (Å²) in [5, 5.41) is 9.87. The molecule has 0 spiro atoms. The molecule has 1 heterocycles. The lowest BCUT2D eigenvalue weighted by atomic mass is 9.44. The normalized spacial score (nSPS) is 42.4. The fourth-order valence-electron chi connectivity index (χ4n) is 9.01. The molecule has 164 valence electrons. The second-order valence-electron chi connectivity index (χ2n) is 11.9. The molecular formula is C26H39N3O. The first-order valence-corrected chi connectivity index (χ1v) is 12.1. The summed E-state index contributed by atoms with van der Waals surface area (Å²) in [7, 11) is 0. The summed E-state index contributed by atoms with van der Waals surface area (Å²) >= 11 is 0. The average Bonchev–Trinajstić information content (AvgIpc) is 3.05. The number of hydrogen-bond donors (Lipinski definition) is 2. The van der Waals surface area contributed by atoms with Gasteiger partial charge in [0.05, 0.1) is 5.69 Å². The molecule has 0 saturated heterocycles. The lowest BCUT2D eigenvalue weighted by Gasteiger charge is -2.60. The topological polar surface area (TPSA) is 72.0 Å². The zero-order valence-corrected chi connectivity index (χ0v) is 19.4. The smallest absolute Gasteiger partial charge is 0.220 e. The minimum absolute atomic E-state index is 0.0886. The molecule has 3 N–H and O–H groups in total. The van der Waals surface area contributed by atoms with E-state index in [-0.39, 0.29) is 10.8 Å². The Morgan fingerprint density at radius 3 is 2.67 bits per heavy atom. The second-order valence-corrected chi connectivity index (χ2v) is 11.9. The van der Waals surface area contributed by atoms with Gasteiger partial charge in [0.25, 0.3) is 0 Å². The Labute approximate surface area is 181 Å². The van der Waals surface area contributed by atoms with Crippen LogP contribution in [-0.4, -0.2) is 21.7 Å². The van der Waals surface area contributed by atoms with Crippen molar-refractivity contribution >= 4 is 5.95 Å². The molecule has 0 unspecified atom stereocenters. The molecule has 0 bridgehead atoms. The SMILES string of the molecule is C[C@H](CO)[C@H]1CC[C@H]2[C@@H]3CC=C4C(C)(C)c5nc(N)ncc5C[C@]4(C)[C@H]3CC[C@]12C. The van der Waals surface area contributed by atoms with E-state index < -0.39 is 0 Å². The van der Waals surface area contributed by atoms with E-state index in [2.05, 4.69) is 45.7 Å². The summed E-state index contributed by atoms with van der Waals surface area (Å²) in [6.45, 7) is 12.3. The monoisotopic (exact) mass is 409 g/mol. The van der Waals surface area contributed by atoms with Crippen LogP contribution in [0.2, 0.25) is 0 Å². The van der Waals surface area contributed by atoms with Gasteiger partial charge < -0.3 is 10.8 Å². The number of anilines is 1. The number of nitrogens with two attached hydrogens (primary N) is 1. The predicted octanol–water partition coefficient (Wildman–Crippen LogP) is 4.92. The van der Waals surface area contributed by atoms with E-state index in [1.807, 2.05) is 6.20 Å². The number of aromatic nitrogens is 2. The van der Waals surface area contributed by atoms with Crippen LogP contribution in [0.4, 0.5) is 5.95 Å². The summed E-state index contributed by atoms with van der Waals surface area (Å²) in [4.78, 5) is 9.05. The Bertz CT molecular complexity index is 892. The van der Waals surface area contributed by atoms with Crippen molar-refractivity contribution in [2.24, 2.45) is 40.4 Å². The molecule has 2 saturated carbocycles. The predicted molar refractivity (Wildman–Crippen MR) is 121 cm³/mol. The van der Waals surface area contributed by atoms with E-state index in [0.29, 0.717) is 29.8 Å². The van der Waals surface area contributed by atoms with Gasteiger partial charge in [-0.05, 0) is 84.5 Å². The molecule has 1 aromatic heterocycles. The molecule has 0 radical (unpaired) electrons. The summed E-state index contributed by atoms with van der Waals surface area (Å²) in [6, 6.07) is 0. The van der Waals surface area contributed by atoms with E-state index in [0.717, 1.165) is 29.9 Å². The van der Waals surface area contributed by atoms with Crippen molar-refractivity contribution in [3.63, 3.8) is 0 Å². The minimum atomic E-state index is -0.0886. The third-order valence-electron chi connectivity index (χ3n) is 10.2. The van der Waals surface area contributed by atoms with Gasteiger partial charge in [-0.25, -0.2) is 9.97 Å². The number of aliphatic hydroxyl groups excluding tert-OH is 1. The molecule has 4 aliphatic rings. The van der Waals surface area contributed by atoms with Crippen molar-refractivity contribution in [1.82, 2.24) is 9.97 Å². The van der Waals surface area contributed by atoms with Crippen molar-refractivity contribution in [2.45, 2.75) is 78.6 Å². The first-order chi connectivity index (χ1) is 14.1.